The van der Waals surface area contributed by atoms with Crippen LogP contribution in [0.3, 0.4) is 0 Å². The lowest BCUT2D eigenvalue weighted by atomic mass is 10.1. The molecule has 3 aromatic rings. The van der Waals surface area contributed by atoms with E-state index in [1.807, 2.05) is 38.1 Å². The molecule has 0 bridgehead atoms. The van der Waals surface area contributed by atoms with Gasteiger partial charge in [-0.15, -0.1) is 5.10 Å². The van der Waals surface area contributed by atoms with Crippen molar-refractivity contribution in [3.63, 3.8) is 0 Å². The third-order valence-corrected chi connectivity index (χ3v) is 4.67. The number of benzene rings is 1. The lowest BCUT2D eigenvalue weighted by molar-refractivity contribution is 0.0940. The standard InChI is InChI=1S/C20H26N6O/c1-5-25(6-2)13-17-10-8-7-9-16(17)12-21-19(27)18-23-20-22-14(3)11-15(4)26(20)24-18/h7-11H,5-6,12-13H2,1-4H3,(H,21,27). The molecule has 0 aliphatic carbocycles. The van der Waals surface area contributed by atoms with Gasteiger partial charge in [0, 0.05) is 24.5 Å². The van der Waals surface area contributed by atoms with Crippen molar-refractivity contribution in [2.75, 3.05) is 13.1 Å². The van der Waals surface area contributed by atoms with Gasteiger partial charge in [-0.1, -0.05) is 38.1 Å². The van der Waals surface area contributed by atoms with Gasteiger partial charge in [-0.05, 0) is 44.1 Å². The summed E-state index contributed by atoms with van der Waals surface area (Å²) in [5.41, 5.74) is 4.07. The van der Waals surface area contributed by atoms with Crippen LogP contribution in [-0.2, 0) is 13.1 Å². The van der Waals surface area contributed by atoms with Gasteiger partial charge >= 0.3 is 0 Å². The van der Waals surface area contributed by atoms with Gasteiger partial charge in [-0.25, -0.2) is 9.50 Å². The van der Waals surface area contributed by atoms with Crippen LogP contribution in [0.4, 0.5) is 0 Å². The molecule has 2 aromatic heterocycles. The van der Waals surface area contributed by atoms with Gasteiger partial charge in [-0.2, -0.15) is 4.98 Å². The van der Waals surface area contributed by atoms with Crippen LogP contribution in [0.2, 0.25) is 0 Å². The van der Waals surface area contributed by atoms with Crippen LogP contribution in [0.25, 0.3) is 5.78 Å². The van der Waals surface area contributed by atoms with Gasteiger partial charge in [0.1, 0.15) is 0 Å². The Bertz CT molecular complexity index is 945. The second-order valence-corrected chi connectivity index (χ2v) is 6.60. The summed E-state index contributed by atoms with van der Waals surface area (Å²) in [4.78, 5) is 23.5. The van der Waals surface area contributed by atoms with E-state index >= 15 is 0 Å². The third kappa shape index (κ3) is 4.31. The van der Waals surface area contributed by atoms with Crippen LogP contribution in [-0.4, -0.2) is 43.5 Å². The Morgan fingerprint density at radius 2 is 1.81 bits per heavy atom. The number of nitrogens with zero attached hydrogens (tertiary/aromatic N) is 5. The zero-order valence-electron chi connectivity index (χ0n) is 16.4. The van der Waals surface area contributed by atoms with Crippen molar-refractivity contribution >= 4 is 11.7 Å². The Balaban J connectivity index is 1.74. The molecule has 3 rings (SSSR count). The van der Waals surface area contributed by atoms with E-state index < -0.39 is 0 Å². The molecule has 1 aromatic carbocycles. The summed E-state index contributed by atoms with van der Waals surface area (Å²) in [7, 11) is 0. The Hall–Kier alpha value is -2.80. The second kappa shape index (κ2) is 8.26. The van der Waals surface area contributed by atoms with Crippen LogP contribution in [0.5, 0.6) is 0 Å². The molecule has 1 N–H and O–H groups in total. The average molecular weight is 366 g/mol. The Morgan fingerprint density at radius 3 is 2.52 bits per heavy atom. The second-order valence-electron chi connectivity index (χ2n) is 6.60. The molecule has 142 valence electrons. The number of fused-ring (bicyclic) bond motifs is 1. The maximum Gasteiger partial charge on any atom is 0.291 e. The van der Waals surface area contributed by atoms with Crippen molar-refractivity contribution in [1.29, 1.82) is 0 Å². The summed E-state index contributed by atoms with van der Waals surface area (Å²) >= 11 is 0. The smallest absolute Gasteiger partial charge is 0.291 e. The summed E-state index contributed by atoms with van der Waals surface area (Å²) in [5.74, 6) is 0.284. The van der Waals surface area contributed by atoms with Crippen molar-refractivity contribution in [3.8, 4) is 0 Å². The van der Waals surface area contributed by atoms with Crippen LogP contribution in [0, 0.1) is 13.8 Å². The largest absolute Gasteiger partial charge is 0.345 e. The monoisotopic (exact) mass is 366 g/mol. The highest BCUT2D eigenvalue weighted by Crippen LogP contribution is 2.12. The maximum absolute atomic E-state index is 12.5. The maximum atomic E-state index is 12.5. The van der Waals surface area contributed by atoms with Gasteiger partial charge in [0.05, 0.1) is 0 Å². The van der Waals surface area contributed by atoms with E-state index in [9.17, 15) is 4.79 Å². The lowest BCUT2D eigenvalue weighted by Crippen LogP contribution is -2.26. The number of amides is 1. The third-order valence-electron chi connectivity index (χ3n) is 4.67. The highest BCUT2D eigenvalue weighted by atomic mass is 16.2. The number of carbonyl (C=O) groups excluding carboxylic acids is 1. The minimum absolute atomic E-state index is 0.137. The molecule has 0 unspecified atom stereocenters. The average Bonchev–Trinajstić information content (AvgIpc) is 3.09. The predicted octanol–water partition coefficient (Wildman–Crippen LogP) is 2.51. The SMILES string of the molecule is CCN(CC)Cc1ccccc1CNC(=O)c1nc2nc(C)cc(C)n2n1. The number of aryl methyl sites for hydroxylation is 2. The topological polar surface area (TPSA) is 75.4 Å². The van der Waals surface area contributed by atoms with E-state index in [4.69, 9.17) is 0 Å². The van der Waals surface area contributed by atoms with Crippen molar-refractivity contribution in [1.82, 2.24) is 29.8 Å². The molecule has 27 heavy (non-hydrogen) atoms. The lowest BCUT2D eigenvalue weighted by Gasteiger charge is -2.20. The minimum atomic E-state index is -0.296. The van der Waals surface area contributed by atoms with Gasteiger partial charge < -0.3 is 5.32 Å². The van der Waals surface area contributed by atoms with Crippen LogP contribution in [0.15, 0.2) is 30.3 Å². The van der Waals surface area contributed by atoms with E-state index in [-0.39, 0.29) is 11.7 Å². The van der Waals surface area contributed by atoms with Crippen molar-refractivity contribution in [3.05, 3.63) is 58.7 Å². The highest BCUT2D eigenvalue weighted by molar-refractivity contribution is 5.90. The van der Waals surface area contributed by atoms with E-state index in [2.05, 4.69) is 45.2 Å². The molecule has 0 fully saturated rings. The minimum Gasteiger partial charge on any atom is -0.345 e. The molecular weight excluding hydrogens is 340 g/mol. The van der Waals surface area contributed by atoms with Gasteiger partial charge in [0.15, 0.2) is 0 Å². The van der Waals surface area contributed by atoms with Crippen molar-refractivity contribution < 1.29 is 4.79 Å². The molecule has 0 atom stereocenters. The predicted molar refractivity (Wildman–Crippen MR) is 104 cm³/mol. The Kier molecular flexibility index (Phi) is 5.81. The number of nitrogens with one attached hydrogen (secondary N) is 1. The molecule has 0 radical (unpaired) electrons. The Labute approximate surface area is 159 Å². The first-order chi connectivity index (χ1) is 13.0. The first-order valence-corrected chi connectivity index (χ1v) is 9.30. The molecule has 1 amide bonds. The van der Waals surface area contributed by atoms with Gasteiger partial charge in [0.2, 0.25) is 5.82 Å². The van der Waals surface area contributed by atoms with E-state index in [0.29, 0.717) is 12.3 Å². The van der Waals surface area contributed by atoms with Gasteiger partial charge in [-0.3, -0.25) is 9.69 Å². The zero-order valence-corrected chi connectivity index (χ0v) is 16.4. The number of carbonyl (C=O) groups is 1. The fourth-order valence-corrected chi connectivity index (χ4v) is 3.09. The molecule has 2 heterocycles. The van der Waals surface area contributed by atoms with Gasteiger partial charge in [0.25, 0.3) is 11.7 Å². The fraction of sp³-hybridized carbons (Fsp3) is 0.400. The Morgan fingerprint density at radius 1 is 1.11 bits per heavy atom. The molecule has 0 saturated heterocycles. The normalized spacial score (nSPS) is 11.3. The summed E-state index contributed by atoms with van der Waals surface area (Å²) in [6.07, 6.45) is 0. The first-order valence-electron chi connectivity index (χ1n) is 9.30. The van der Waals surface area contributed by atoms with Crippen molar-refractivity contribution in [2.45, 2.75) is 40.8 Å². The molecule has 0 spiro atoms. The van der Waals surface area contributed by atoms with E-state index in [1.165, 1.54) is 5.56 Å². The van der Waals surface area contributed by atoms with E-state index in [1.54, 1.807) is 4.52 Å². The number of hydrogen-bond acceptors (Lipinski definition) is 5. The van der Waals surface area contributed by atoms with E-state index in [0.717, 1.165) is 36.6 Å². The molecular formula is C20H26N6O. The van der Waals surface area contributed by atoms with Crippen LogP contribution in [0.1, 0.15) is 47.0 Å². The summed E-state index contributed by atoms with van der Waals surface area (Å²) in [6.45, 7) is 11.4. The quantitative estimate of drug-likeness (QED) is 0.695. The molecule has 7 heteroatoms. The molecule has 0 saturated carbocycles. The fourth-order valence-electron chi connectivity index (χ4n) is 3.09. The highest BCUT2D eigenvalue weighted by Gasteiger charge is 2.15. The van der Waals surface area contributed by atoms with Crippen molar-refractivity contribution in [2.24, 2.45) is 0 Å². The number of hydrogen-bond donors (Lipinski definition) is 1. The summed E-state index contributed by atoms with van der Waals surface area (Å²) in [5, 5.41) is 7.22. The van der Waals surface area contributed by atoms with Crippen LogP contribution < -0.4 is 5.32 Å². The number of aromatic nitrogens is 4. The number of rotatable bonds is 7. The first kappa shape index (κ1) is 19.0. The van der Waals surface area contributed by atoms with Crippen LogP contribution >= 0.6 is 0 Å². The molecule has 0 aliphatic heterocycles. The zero-order chi connectivity index (χ0) is 19.4. The molecule has 7 nitrogen and oxygen atoms in total. The summed E-state index contributed by atoms with van der Waals surface area (Å²) in [6, 6.07) is 10.1. The summed E-state index contributed by atoms with van der Waals surface area (Å²) < 4.78 is 1.59. The molecule has 0 aliphatic rings.